The summed E-state index contributed by atoms with van der Waals surface area (Å²) in [6, 6.07) is 0. The number of carbonyl (C=O) groups is 3. The summed E-state index contributed by atoms with van der Waals surface area (Å²) in [7, 11) is 0. The lowest BCUT2D eigenvalue weighted by atomic mass is 10.2. The summed E-state index contributed by atoms with van der Waals surface area (Å²) >= 11 is 0. The lowest BCUT2D eigenvalue weighted by Crippen LogP contribution is -2.35. The van der Waals surface area contributed by atoms with Crippen molar-refractivity contribution in [3.8, 4) is 0 Å². The van der Waals surface area contributed by atoms with Crippen LogP contribution in [0.2, 0.25) is 0 Å². The van der Waals surface area contributed by atoms with Crippen molar-refractivity contribution in [2.45, 2.75) is 39.7 Å². The van der Waals surface area contributed by atoms with Crippen molar-refractivity contribution < 1.29 is 19.1 Å². The fourth-order valence-corrected chi connectivity index (χ4v) is 0.837. The van der Waals surface area contributed by atoms with E-state index in [2.05, 4.69) is 5.32 Å². The number of amides is 1. The fourth-order valence-electron chi connectivity index (χ4n) is 0.837. The first-order chi connectivity index (χ1) is 6.70. The summed E-state index contributed by atoms with van der Waals surface area (Å²) in [5.41, 5.74) is -0.567. The molecule has 0 aliphatic heterocycles. The molecule has 5 nitrogen and oxygen atoms in total. The first-order valence-electron chi connectivity index (χ1n) is 4.68. The van der Waals surface area contributed by atoms with Gasteiger partial charge < -0.3 is 10.1 Å². The Bertz CT molecular complexity index is 265. The lowest BCUT2D eigenvalue weighted by molar-refractivity contribution is -0.154. The maximum absolute atomic E-state index is 11.1. The van der Waals surface area contributed by atoms with Gasteiger partial charge in [-0.2, -0.15) is 0 Å². The molecule has 0 aliphatic rings. The van der Waals surface area contributed by atoms with Crippen molar-refractivity contribution in [1.29, 1.82) is 0 Å². The van der Waals surface area contributed by atoms with Crippen molar-refractivity contribution in [2.75, 3.05) is 6.54 Å². The van der Waals surface area contributed by atoms with Gasteiger partial charge in [-0.25, -0.2) is 0 Å². The molecule has 0 aromatic heterocycles. The SMILES string of the molecule is CC(=O)CC(=O)NCC(=O)OC(C)(C)C. The van der Waals surface area contributed by atoms with Crippen LogP contribution in [-0.2, 0) is 19.1 Å². The van der Waals surface area contributed by atoms with E-state index in [1.165, 1.54) is 6.92 Å². The van der Waals surface area contributed by atoms with Gasteiger partial charge in [0, 0.05) is 0 Å². The maximum atomic E-state index is 11.1. The molecule has 5 heteroatoms. The van der Waals surface area contributed by atoms with Crippen molar-refractivity contribution in [2.24, 2.45) is 0 Å². The highest BCUT2D eigenvalue weighted by Gasteiger charge is 2.16. The van der Waals surface area contributed by atoms with Gasteiger partial charge in [0.2, 0.25) is 5.91 Å². The molecule has 1 amide bonds. The number of ketones is 1. The van der Waals surface area contributed by atoms with Crippen LogP contribution in [0.25, 0.3) is 0 Å². The molecule has 0 atom stereocenters. The fraction of sp³-hybridized carbons (Fsp3) is 0.700. The van der Waals surface area contributed by atoms with Crippen LogP contribution in [0.1, 0.15) is 34.1 Å². The Labute approximate surface area is 89.2 Å². The van der Waals surface area contributed by atoms with Crippen molar-refractivity contribution in [1.82, 2.24) is 5.32 Å². The molecule has 0 saturated carbocycles. The van der Waals surface area contributed by atoms with Gasteiger partial charge >= 0.3 is 5.97 Å². The minimum atomic E-state index is -0.567. The van der Waals surface area contributed by atoms with Gasteiger partial charge in [-0.15, -0.1) is 0 Å². The van der Waals surface area contributed by atoms with E-state index in [1.807, 2.05) is 0 Å². The first kappa shape index (κ1) is 13.6. The minimum Gasteiger partial charge on any atom is -0.459 e. The van der Waals surface area contributed by atoms with E-state index in [4.69, 9.17) is 4.74 Å². The van der Waals surface area contributed by atoms with Crippen molar-refractivity contribution in [3.05, 3.63) is 0 Å². The van der Waals surface area contributed by atoms with Gasteiger partial charge in [-0.1, -0.05) is 0 Å². The van der Waals surface area contributed by atoms with E-state index in [1.54, 1.807) is 20.8 Å². The van der Waals surface area contributed by atoms with Gasteiger partial charge in [-0.3, -0.25) is 14.4 Å². The normalized spacial score (nSPS) is 10.7. The molecule has 0 spiro atoms. The van der Waals surface area contributed by atoms with Crippen LogP contribution in [0.4, 0.5) is 0 Å². The van der Waals surface area contributed by atoms with E-state index in [0.29, 0.717) is 0 Å². The summed E-state index contributed by atoms with van der Waals surface area (Å²) in [6.45, 7) is 6.32. The third kappa shape index (κ3) is 8.93. The van der Waals surface area contributed by atoms with Crippen molar-refractivity contribution >= 4 is 17.7 Å². The van der Waals surface area contributed by atoms with Gasteiger partial charge in [0.25, 0.3) is 0 Å². The Morgan fingerprint density at radius 3 is 2.13 bits per heavy atom. The highest BCUT2D eigenvalue weighted by molar-refractivity contribution is 5.97. The predicted molar refractivity (Wildman–Crippen MR) is 54.2 cm³/mol. The molecular formula is C10H17NO4. The topological polar surface area (TPSA) is 72.5 Å². The van der Waals surface area contributed by atoms with E-state index < -0.39 is 17.5 Å². The average molecular weight is 215 g/mol. The van der Waals surface area contributed by atoms with Gasteiger partial charge in [0.1, 0.15) is 17.9 Å². The molecule has 1 N–H and O–H groups in total. The molecule has 0 radical (unpaired) electrons. The second-order valence-electron chi connectivity index (χ2n) is 4.24. The molecule has 86 valence electrons. The molecule has 0 unspecified atom stereocenters. The number of carbonyl (C=O) groups excluding carboxylic acids is 3. The van der Waals surface area contributed by atoms with Crippen LogP contribution in [-0.4, -0.2) is 29.8 Å². The van der Waals surface area contributed by atoms with Gasteiger partial charge in [0.15, 0.2) is 0 Å². The summed E-state index contributed by atoms with van der Waals surface area (Å²) in [6.07, 6.45) is -0.206. The molecule has 0 aliphatic carbocycles. The molecule has 0 bridgehead atoms. The molecule has 0 aromatic rings. The average Bonchev–Trinajstić information content (AvgIpc) is 1.96. The first-order valence-corrected chi connectivity index (χ1v) is 4.68. The Morgan fingerprint density at radius 1 is 1.20 bits per heavy atom. The number of Topliss-reactive ketones (excluding diaryl/α,β-unsaturated/α-hetero) is 1. The van der Waals surface area contributed by atoms with Crippen LogP contribution in [0.5, 0.6) is 0 Å². The summed E-state index contributed by atoms with van der Waals surface area (Å²) in [4.78, 5) is 32.7. The summed E-state index contributed by atoms with van der Waals surface area (Å²) in [5, 5.41) is 2.30. The predicted octanol–water partition coefficient (Wildman–Crippen LogP) is 0.423. The molecule has 0 fully saturated rings. The van der Waals surface area contributed by atoms with E-state index in [9.17, 15) is 14.4 Å². The zero-order valence-electron chi connectivity index (χ0n) is 9.55. The standard InChI is InChI=1S/C10H17NO4/c1-7(12)5-8(13)11-6-9(14)15-10(2,3)4/h5-6H2,1-4H3,(H,11,13). The van der Waals surface area contributed by atoms with E-state index >= 15 is 0 Å². The quantitative estimate of drug-likeness (QED) is 0.545. The Balaban J connectivity index is 3.82. The van der Waals surface area contributed by atoms with Gasteiger partial charge in [0.05, 0.1) is 6.42 Å². The number of ether oxygens (including phenoxy) is 1. The smallest absolute Gasteiger partial charge is 0.325 e. The maximum Gasteiger partial charge on any atom is 0.325 e. The number of esters is 1. The molecule has 15 heavy (non-hydrogen) atoms. The molecule has 0 saturated heterocycles. The highest BCUT2D eigenvalue weighted by Crippen LogP contribution is 2.06. The number of hydrogen-bond acceptors (Lipinski definition) is 4. The number of nitrogens with one attached hydrogen (secondary N) is 1. The monoisotopic (exact) mass is 215 g/mol. The van der Waals surface area contributed by atoms with Crippen LogP contribution in [0.3, 0.4) is 0 Å². The number of hydrogen-bond donors (Lipinski definition) is 1. The Kier molecular flexibility index (Phi) is 4.97. The third-order valence-corrected chi connectivity index (χ3v) is 1.26. The second kappa shape index (κ2) is 5.48. The van der Waals surface area contributed by atoms with Crippen LogP contribution >= 0.6 is 0 Å². The second-order valence-corrected chi connectivity index (χ2v) is 4.24. The van der Waals surface area contributed by atoms with E-state index in [-0.39, 0.29) is 18.7 Å². The van der Waals surface area contributed by atoms with Crippen LogP contribution < -0.4 is 5.32 Å². The Morgan fingerprint density at radius 2 is 1.73 bits per heavy atom. The zero-order valence-corrected chi connectivity index (χ0v) is 9.55. The lowest BCUT2D eigenvalue weighted by Gasteiger charge is -2.19. The zero-order chi connectivity index (χ0) is 12.1. The largest absolute Gasteiger partial charge is 0.459 e. The van der Waals surface area contributed by atoms with E-state index in [0.717, 1.165) is 0 Å². The van der Waals surface area contributed by atoms with Gasteiger partial charge in [-0.05, 0) is 27.7 Å². The molecule has 0 heterocycles. The van der Waals surface area contributed by atoms with Crippen LogP contribution in [0, 0.1) is 0 Å². The number of rotatable bonds is 4. The minimum absolute atomic E-state index is 0.205. The van der Waals surface area contributed by atoms with Crippen molar-refractivity contribution in [3.63, 3.8) is 0 Å². The third-order valence-electron chi connectivity index (χ3n) is 1.26. The van der Waals surface area contributed by atoms with Crippen LogP contribution in [0.15, 0.2) is 0 Å². The molecular weight excluding hydrogens is 198 g/mol. The molecule has 0 aromatic carbocycles. The molecule has 0 rings (SSSR count). The summed E-state index contributed by atoms with van der Waals surface area (Å²) in [5.74, 6) is -1.22. The highest BCUT2D eigenvalue weighted by atomic mass is 16.6. The summed E-state index contributed by atoms with van der Waals surface area (Å²) < 4.78 is 4.95. The Hall–Kier alpha value is -1.39.